The van der Waals surface area contributed by atoms with Gasteiger partial charge in [-0.25, -0.2) is 18.4 Å². The minimum Gasteiger partial charge on any atom is -0.439 e. The predicted octanol–water partition coefficient (Wildman–Crippen LogP) is 3.40. The highest BCUT2D eigenvalue weighted by molar-refractivity contribution is 7.92. The lowest BCUT2D eigenvalue weighted by Crippen LogP contribution is -2.15. The van der Waals surface area contributed by atoms with Gasteiger partial charge in [0.15, 0.2) is 0 Å². The van der Waals surface area contributed by atoms with Crippen LogP contribution in [0.1, 0.15) is 24.1 Å². The molecule has 166 valence electrons. The predicted molar refractivity (Wildman–Crippen MR) is 119 cm³/mol. The molecule has 1 N–H and O–H groups in total. The van der Waals surface area contributed by atoms with E-state index in [1.165, 1.54) is 0 Å². The van der Waals surface area contributed by atoms with Gasteiger partial charge in [-0.3, -0.25) is 14.0 Å². The molecule has 0 aliphatic carbocycles. The monoisotopic (exact) mass is 453 g/mol. The molecule has 0 bridgehead atoms. The van der Waals surface area contributed by atoms with Crippen LogP contribution in [0.15, 0.2) is 53.9 Å². The molecule has 11 heteroatoms. The largest absolute Gasteiger partial charge is 0.439 e. The Kier molecular flexibility index (Phi) is 5.66. The molecule has 0 aliphatic heterocycles. The third kappa shape index (κ3) is 4.33. The summed E-state index contributed by atoms with van der Waals surface area (Å²) in [6.07, 6.45) is 5.08. The van der Waals surface area contributed by atoms with Gasteiger partial charge in [0, 0.05) is 30.7 Å². The third-order valence-electron chi connectivity index (χ3n) is 4.78. The summed E-state index contributed by atoms with van der Waals surface area (Å²) in [6, 6.07) is 8.30. The van der Waals surface area contributed by atoms with Gasteiger partial charge in [0.05, 0.1) is 11.4 Å². The fourth-order valence-corrected chi connectivity index (χ4v) is 4.87. The van der Waals surface area contributed by atoms with Crippen molar-refractivity contribution >= 4 is 15.7 Å². The first-order chi connectivity index (χ1) is 15.3. The van der Waals surface area contributed by atoms with E-state index in [0.717, 1.165) is 0 Å². The fraction of sp³-hybridized carbons (Fsp3) is 0.238. The first-order valence-electron chi connectivity index (χ1n) is 9.95. The Morgan fingerprint density at radius 3 is 2.47 bits per heavy atom. The molecular formula is C21H23N7O3S. The molecule has 32 heavy (non-hydrogen) atoms. The van der Waals surface area contributed by atoms with E-state index in [1.807, 2.05) is 6.92 Å². The zero-order valence-corrected chi connectivity index (χ0v) is 19.0. The maximum absolute atomic E-state index is 12.9. The number of ether oxygens (including phenoxy) is 1. The molecule has 0 fully saturated rings. The van der Waals surface area contributed by atoms with Crippen LogP contribution < -0.4 is 9.46 Å². The molecule has 3 aromatic heterocycles. The highest BCUT2D eigenvalue weighted by Gasteiger charge is 2.24. The molecule has 4 rings (SSSR count). The van der Waals surface area contributed by atoms with E-state index in [2.05, 4.69) is 24.8 Å². The zero-order valence-electron chi connectivity index (χ0n) is 18.1. The van der Waals surface area contributed by atoms with Crippen molar-refractivity contribution in [1.29, 1.82) is 0 Å². The summed E-state index contributed by atoms with van der Waals surface area (Å²) in [6.45, 7) is 7.72. The number of hydrogen-bond donors (Lipinski definition) is 1. The normalized spacial score (nSPS) is 11.5. The first-order valence-corrected chi connectivity index (χ1v) is 11.4. The Morgan fingerprint density at radius 2 is 1.84 bits per heavy atom. The molecule has 0 aliphatic rings. The second kappa shape index (κ2) is 8.42. The van der Waals surface area contributed by atoms with Crippen molar-refractivity contribution in [3.05, 3.63) is 66.3 Å². The second-order valence-electron chi connectivity index (χ2n) is 7.13. The first kappa shape index (κ1) is 21.5. The van der Waals surface area contributed by atoms with Gasteiger partial charge in [-0.1, -0.05) is 0 Å². The van der Waals surface area contributed by atoms with Gasteiger partial charge in [-0.2, -0.15) is 10.1 Å². The number of benzene rings is 1. The molecule has 0 saturated heterocycles. The Balaban J connectivity index is 1.53. The Morgan fingerprint density at radius 1 is 1.09 bits per heavy atom. The topological polar surface area (TPSA) is 117 Å². The van der Waals surface area contributed by atoms with E-state index in [0.29, 0.717) is 46.9 Å². The number of nitrogens with one attached hydrogen (secondary N) is 1. The van der Waals surface area contributed by atoms with Gasteiger partial charge < -0.3 is 4.74 Å². The van der Waals surface area contributed by atoms with Crippen LogP contribution in [0, 0.1) is 20.8 Å². The highest BCUT2D eigenvalue weighted by atomic mass is 32.2. The lowest BCUT2D eigenvalue weighted by atomic mass is 10.3. The van der Waals surface area contributed by atoms with E-state index in [-0.39, 0.29) is 4.90 Å². The summed E-state index contributed by atoms with van der Waals surface area (Å²) in [5.41, 5.74) is 1.48. The van der Waals surface area contributed by atoms with Crippen molar-refractivity contribution in [2.75, 3.05) is 4.72 Å². The molecular weight excluding hydrogens is 430 g/mol. The highest BCUT2D eigenvalue weighted by Crippen LogP contribution is 2.26. The van der Waals surface area contributed by atoms with E-state index >= 15 is 0 Å². The van der Waals surface area contributed by atoms with Crippen molar-refractivity contribution in [3.8, 4) is 17.4 Å². The number of rotatable bonds is 7. The lowest BCUT2D eigenvalue weighted by molar-refractivity contribution is 0.459. The van der Waals surface area contributed by atoms with Crippen molar-refractivity contribution in [3.63, 3.8) is 0 Å². The summed E-state index contributed by atoms with van der Waals surface area (Å²) in [4.78, 5) is 12.9. The summed E-state index contributed by atoms with van der Waals surface area (Å²) in [5, 5.41) is 4.29. The number of sulfonamides is 1. The van der Waals surface area contributed by atoms with Crippen LogP contribution in [0.25, 0.3) is 5.82 Å². The molecule has 1 aromatic carbocycles. The summed E-state index contributed by atoms with van der Waals surface area (Å²) in [7, 11) is -3.78. The molecule has 0 radical (unpaired) electrons. The molecule has 3 heterocycles. The molecule has 0 saturated carbocycles. The summed E-state index contributed by atoms with van der Waals surface area (Å²) in [5.74, 6) is 2.06. The van der Waals surface area contributed by atoms with Gasteiger partial charge in [0.1, 0.15) is 28.6 Å². The molecule has 10 nitrogen and oxygen atoms in total. The van der Waals surface area contributed by atoms with Gasteiger partial charge in [-0.05, 0) is 52.0 Å². The number of imidazole rings is 1. The van der Waals surface area contributed by atoms with E-state index in [9.17, 15) is 8.42 Å². The molecule has 0 unspecified atom stereocenters. The van der Waals surface area contributed by atoms with Crippen molar-refractivity contribution in [1.82, 2.24) is 29.3 Å². The number of hydrogen-bond acceptors (Lipinski definition) is 7. The van der Waals surface area contributed by atoms with Crippen LogP contribution in [0.4, 0.5) is 5.69 Å². The quantitative estimate of drug-likeness (QED) is 0.456. The molecule has 0 spiro atoms. The van der Waals surface area contributed by atoms with Gasteiger partial charge in [-0.15, -0.1) is 0 Å². The van der Waals surface area contributed by atoms with Crippen molar-refractivity contribution < 1.29 is 13.2 Å². The molecule has 4 aromatic rings. The maximum atomic E-state index is 12.9. The smallest absolute Gasteiger partial charge is 0.265 e. The van der Waals surface area contributed by atoms with Gasteiger partial charge in [0.25, 0.3) is 10.0 Å². The lowest BCUT2D eigenvalue weighted by Gasteiger charge is -2.11. The van der Waals surface area contributed by atoms with Crippen LogP contribution in [-0.2, 0) is 16.6 Å². The fourth-order valence-electron chi connectivity index (χ4n) is 3.40. The summed E-state index contributed by atoms with van der Waals surface area (Å²) < 4.78 is 37.7. The third-order valence-corrected chi connectivity index (χ3v) is 6.41. The number of nitrogens with zero attached hydrogens (tertiary/aromatic N) is 6. The molecule has 0 amide bonds. The Labute approximate surface area is 186 Å². The van der Waals surface area contributed by atoms with Crippen molar-refractivity contribution in [2.24, 2.45) is 0 Å². The average molecular weight is 454 g/mol. The standard InChI is InChI=1S/C21H23N7O3S/c1-5-28-15(3)21(14(2)25-28)32(29,30)26-17-6-8-18(9-7-17)31-20-12-19(23-16(4)24-20)27-11-10-22-13-27/h6-13,26H,5H2,1-4H3. The van der Waals surface area contributed by atoms with E-state index in [4.69, 9.17) is 4.74 Å². The molecule has 0 atom stereocenters. The van der Waals surface area contributed by atoms with Crippen LogP contribution in [-0.4, -0.2) is 37.7 Å². The van der Waals surface area contributed by atoms with E-state index in [1.54, 1.807) is 79.1 Å². The number of anilines is 1. The minimum atomic E-state index is -3.78. The number of aryl methyl sites for hydroxylation is 3. The van der Waals surface area contributed by atoms with Crippen LogP contribution in [0.2, 0.25) is 0 Å². The van der Waals surface area contributed by atoms with Gasteiger partial charge >= 0.3 is 0 Å². The van der Waals surface area contributed by atoms with E-state index < -0.39 is 10.0 Å². The average Bonchev–Trinajstić information content (AvgIpc) is 3.37. The summed E-state index contributed by atoms with van der Waals surface area (Å²) >= 11 is 0. The van der Waals surface area contributed by atoms with Crippen LogP contribution in [0.5, 0.6) is 11.6 Å². The maximum Gasteiger partial charge on any atom is 0.265 e. The van der Waals surface area contributed by atoms with Crippen LogP contribution >= 0.6 is 0 Å². The zero-order chi connectivity index (χ0) is 22.9. The Bertz CT molecular complexity index is 1350. The van der Waals surface area contributed by atoms with Crippen molar-refractivity contribution in [2.45, 2.75) is 39.1 Å². The Hall–Kier alpha value is -3.73. The number of aromatic nitrogens is 6. The van der Waals surface area contributed by atoms with Gasteiger partial charge in [0.2, 0.25) is 5.88 Å². The van der Waals surface area contributed by atoms with Crippen LogP contribution in [0.3, 0.4) is 0 Å². The second-order valence-corrected chi connectivity index (χ2v) is 8.75. The minimum absolute atomic E-state index is 0.197. The SMILES string of the molecule is CCn1nc(C)c(S(=O)(=O)Nc2ccc(Oc3cc(-n4ccnc4)nc(C)n3)cc2)c1C.